The van der Waals surface area contributed by atoms with Crippen LogP contribution in [0, 0.1) is 0 Å². The molecule has 0 heterocycles. The lowest BCUT2D eigenvalue weighted by Crippen LogP contribution is -2.09. The molecule has 0 spiro atoms. The molecule has 84 valence electrons. The molecule has 0 amide bonds. The molecule has 0 aliphatic rings. The van der Waals surface area contributed by atoms with E-state index in [1.807, 2.05) is 0 Å². The summed E-state index contributed by atoms with van der Waals surface area (Å²) in [4.78, 5) is 0. The van der Waals surface area contributed by atoms with Crippen LogP contribution < -0.4 is 0 Å². The van der Waals surface area contributed by atoms with Gasteiger partial charge in [0, 0.05) is 0 Å². The first-order valence-corrected chi connectivity index (χ1v) is 6.35. The number of benzene rings is 1. The molecule has 1 rings (SSSR count). The van der Waals surface area contributed by atoms with Crippen LogP contribution in [-0.2, 0) is 0 Å². The van der Waals surface area contributed by atoms with E-state index >= 15 is 0 Å². The molecule has 0 aromatic heterocycles. The van der Waals surface area contributed by atoms with Crippen molar-refractivity contribution >= 4 is 19.5 Å². The molecule has 1 aromatic rings. The average Bonchev–Trinajstić information content (AvgIpc) is 2.25. The molecule has 0 nitrogen and oxygen atoms in total. The fraction of sp³-hybridized carbons (Fsp3) is 0.429. The molecule has 0 aliphatic heterocycles. The van der Waals surface area contributed by atoms with Gasteiger partial charge in [-0.3, -0.25) is 0 Å². The minimum absolute atomic E-state index is 0.652. The molecule has 16 heavy (non-hydrogen) atoms. The maximum Gasteiger partial charge on any atom is 0.164 e. The van der Waals surface area contributed by atoms with Crippen LogP contribution in [0.5, 0.6) is 0 Å². The average molecular weight is 212 g/mol. The van der Waals surface area contributed by atoms with Crippen LogP contribution in [0.4, 0.5) is 0 Å². The van der Waals surface area contributed by atoms with Gasteiger partial charge >= 0.3 is 0 Å². The molecule has 0 atom stereocenters. The first kappa shape index (κ1) is 13.2. The third-order valence-electron chi connectivity index (χ3n) is 2.90. The van der Waals surface area contributed by atoms with Crippen molar-refractivity contribution in [2.75, 3.05) is 0 Å². The second kappa shape index (κ2) is 6.62. The topological polar surface area (TPSA) is 0 Å². The molecule has 0 bridgehead atoms. The number of hydrogen-bond acceptors (Lipinski definition) is 0. The third-order valence-corrected chi connectivity index (χ3v) is 2.90. The van der Waals surface area contributed by atoms with Crippen molar-refractivity contribution in [1.82, 2.24) is 0 Å². The molecule has 0 radical (unpaired) electrons. The highest BCUT2D eigenvalue weighted by Crippen LogP contribution is 2.16. The molecular weight excluding hydrogens is 190 g/mol. The van der Waals surface area contributed by atoms with Gasteiger partial charge in [0.25, 0.3) is 0 Å². The molecule has 0 unspecified atom stereocenters. The highest BCUT2D eigenvalue weighted by atomic mass is 13.9. The smallest absolute Gasteiger partial charge is 0.102 e. The summed E-state index contributed by atoms with van der Waals surface area (Å²) in [5.41, 5.74) is 2.90. The Morgan fingerprint density at radius 3 is 2.19 bits per heavy atom. The quantitative estimate of drug-likeness (QED) is 0.629. The van der Waals surface area contributed by atoms with Gasteiger partial charge in [-0.15, -0.1) is 5.47 Å². The van der Waals surface area contributed by atoms with E-state index in [9.17, 15) is 0 Å². The van der Waals surface area contributed by atoms with E-state index in [0.29, 0.717) is 6.71 Å². The predicted molar refractivity (Wildman–Crippen MR) is 78.8 cm³/mol. The summed E-state index contributed by atoms with van der Waals surface area (Å²) >= 11 is 0. The predicted octanol–water partition coefficient (Wildman–Crippen LogP) is 4.51. The summed E-state index contributed by atoms with van der Waals surface area (Å²) in [5.74, 6) is 0. The third kappa shape index (κ3) is 4.74. The van der Waals surface area contributed by atoms with Crippen LogP contribution in [0.1, 0.15) is 12.0 Å². The second-order valence-corrected chi connectivity index (χ2v) is 5.22. The molecule has 0 N–H and O–H groups in total. The lowest BCUT2D eigenvalue weighted by Gasteiger charge is -2.10. The van der Waals surface area contributed by atoms with Crippen LogP contribution >= 0.6 is 0 Å². The van der Waals surface area contributed by atoms with E-state index < -0.39 is 0 Å². The summed E-state index contributed by atoms with van der Waals surface area (Å²) in [6, 6.07) is 10.6. The van der Waals surface area contributed by atoms with Gasteiger partial charge in [-0.2, -0.15) is 0 Å². The van der Waals surface area contributed by atoms with Gasteiger partial charge in [0.05, 0.1) is 0 Å². The van der Waals surface area contributed by atoms with Crippen LogP contribution in [-0.4, -0.2) is 13.4 Å². The van der Waals surface area contributed by atoms with Crippen molar-refractivity contribution in [3.8, 4) is 0 Å². The minimum Gasteiger partial charge on any atom is -0.102 e. The zero-order chi connectivity index (χ0) is 12.0. The summed E-state index contributed by atoms with van der Waals surface area (Å²) in [7, 11) is 0. The van der Waals surface area contributed by atoms with Crippen molar-refractivity contribution in [1.29, 1.82) is 0 Å². The van der Waals surface area contributed by atoms with E-state index in [4.69, 9.17) is 0 Å². The first-order valence-electron chi connectivity index (χ1n) is 6.35. The van der Waals surface area contributed by atoms with E-state index in [1.165, 1.54) is 18.3 Å². The monoisotopic (exact) mass is 212 g/mol. The van der Waals surface area contributed by atoms with E-state index in [0.717, 1.165) is 6.71 Å². The Hall–Kier alpha value is -0.910. The Kier molecular flexibility index (Phi) is 5.45. The fourth-order valence-electron chi connectivity index (χ4n) is 1.75. The maximum atomic E-state index is 2.35. The summed E-state index contributed by atoms with van der Waals surface area (Å²) in [6.45, 7) is 10.6. The molecule has 0 fully saturated rings. The normalized spacial score (nSPS) is 11.4. The van der Waals surface area contributed by atoms with Crippen LogP contribution in [0.3, 0.4) is 0 Å². The Bertz CT molecular complexity index is 326. The number of allylic oxidation sites excluding steroid dienone is 1. The lowest BCUT2D eigenvalue weighted by molar-refractivity contribution is 1.16. The van der Waals surface area contributed by atoms with Crippen molar-refractivity contribution in [2.45, 2.75) is 40.0 Å². The van der Waals surface area contributed by atoms with Gasteiger partial charge in [-0.1, -0.05) is 70.0 Å². The van der Waals surface area contributed by atoms with Crippen LogP contribution in [0.15, 0.2) is 35.8 Å². The lowest BCUT2D eigenvalue weighted by atomic mass is 9.44. The van der Waals surface area contributed by atoms with Gasteiger partial charge in [0.1, 0.15) is 6.71 Å². The Labute approximate surface area is 101 Å². The summed E-state index contributed by atoms with van der Waals surface area (Å²) < 4.78 is 0. The van der Waals surface area contributed by atoms with Crippen LogP contribution in [0.2, 0.25) is 33.6 Å². The molecule has 0 saturated heterocycles. The van der Waals surface area contributed by atoms with Crippen LogP contribution in [0.25, 0.3) is 6.08 Å². The van der Waals surface area contributed by atoms with E-state index in [-0.39, 0.29) is 0 Å². The zero-order valence-electron chi connectivity index (χ0n) is 11.0. The summed E-state index contributed by atoms with van der Waals surface area (Å²) in [6.07, 6.45) is 4.87. The molecule has 1 aromatic carbocycles. The first-order chi connectivity index (χ1) is 7.59. The van der Waals surface area contributed by atoms with Crippen molar-refractivity contribution in [3.05, 3.63) is 41.4 Å². The van der Waals surface area contributed by atoms with E-state index in [2.05, 4.69) is 63.7 Å². The largest absolute Gasteiger partial charge is 0.164 e. The fourth-order valence-corrected chi connectivity index (χ4v) is 1.75. The Morgan fingerprint density at radius 2 is 1.69 bits per heavy atom. The molecule has 0 aliphatic carbocycles. The Morgan fingerprint density at radius 1 is 1.06 bits per heavy atom. The van der Waals surface area contributed by atoms with Gasteiger partial charge < -0.3 is 0 Å². The van der Waals surface area contributed by atoms with Gasteiger partial charge in [-0.05, 0) is 12.0 Å². The van der Waals surface area contributed by atoms with E-state index in [1.54, 1.807) is 5.47 Å². The van der Waals surface area contributed by atoms with Crippen molar-refractivity contribution in [3.63, 3.8) is 0 Å². The van der Waals surface area contributed by atoms with Gasteiger partial charge in [-0.25, -0.2) is 0 Å². The number of rotatable bonds is 5. The molecule has 2 heteroatoms. The molecule has 0 saturated carbocycles. The van der Waals surface area contributed by atoms with Crippen molar-refractivity contribution in [2.24, 2.45) is 0 Å². The Balaban J connectivity index is 2.73. The molecular formula is C14H22B2. The van der Waals surface area contributed by atoms with Gasteiger partial charge in [0.15, 0.2) is 6.71 Å². The zero-order valence-corrected chi connectivity index (χ0v) is 11.0. The maximum absolute atomic E-state index is 2.35. The van der Waals surface area contributed by atoms with Crippen molar-refractivity contribution < 1.29 is 0 Å². The number of hydrogen-bond donors (Lipinski definition) is 0. The highest BCUT2D eigenvalue weighted by Gasteiger charge is 2.08. The minimum atomic E-state index is 0.652. The summed E-state index contributed by atoms with van der Waals surface area (Å²) in [5, 5.41) is 0. The van der Waals surface area contributed by atoms with Gasteiger partial charge in [0.2, 0.25) is 0 Å². The second-order valence-electron chi connectivity index (χ2n) is 5.22. The SMILES string of the molecule is CB(C)CC/C(=C/c1ccccc1)B(C)C. The standard InChI is InChI=1S/C14H22B2/c1-15(2)11-10-14(16(3)4)12-13-8-6-5-7-9-13/h5-9,12H,10-11H2,1-4H3/b14-12-. The highest BCUT2D eigenvalue weighted by molar-refractivity contribution is 6.65.